The standard InChI is InChI=1S/C10H18N2OS/c11-8-5-3-1-2-4-6-9(8)12-7-10(13)14/h1-2,8-9,12H,3-7,11H2,(H,13,14)/b2-1+. The van der Waals surface area contributed by atoms with Crippen molar-refractivity contribution in [3.8, 4) is 0 Å². The van der Waals surface area contributed by atoms with Gasteiger partial charge in [-0.1, -0.05) is 12.2 Å². The van der Waals surface area contributed by atoms with E-state index >= 15 is 0 Å². The summed E-state index contributed by atoms with van der Waals surface area (Å²) >= 11 is 3.72. The maximum absolute atomic E-state index is 10.7. The van der Waals surface area contributed by atoms with Gasteiger partial charge in [-0.05, 0) is 25.7 Å². The molecule has 0 radical (unpaired) electrons. The van der Waals surface area contributed by atoms with Gasteiger partial charge in [-0.2, -0.15) is 0 Å². The second-order valence-corrected chi connectivity index (χ2v) is 4.17. The molecule has 0 saturated carbocycles. The maximum atomic E-state index is 10.7. The molecule has 0 fully saturated rings. The number of carbonyl (C=O) groups is 1. The van der Waals surface area contributed by atoms with Crippen LogP contribution in [0.2, 0.25) is 0 Å². The SMILES string of the molecule is NC1CC/C=C/CCC1NCC(=O)S. The molecule has 14 heavy (non-hydrogen) atoms. The average Bonchev–Trinajstić information content (AvgIpc) is 2.10. The van der Waals surface area contributed by atoms with Gasteiger partial charge in [-0.25, -0.2) is 0 Å². The summed E-state index contributed by atoms with van der Waals surface area (Å²) < 4.78 is 0. The van der Waals surface area contributed by atoms with E-state index in [2.05, 4.69) is 30.1 Å². The van der Waals surface area contributed by atoms with Crippen LogP contribution < -0.4 is 11.1 Å². The van der Waals surface area contributed by atoms with Crippen molar-refractivity contribution in [2.45, 2.75) is 37.8 Å². The van der Waals surface area contributed by atoms with Gasteiger partial charge in [0.15, 0.2) is 5.12 Å². The van der Waals surface area contributed by atoms with Crippen LogP contribution in [0.15, 0.2) is 12.2 Å². The molecule has 3 N–H and O–H groups in total. The summed E-state index contributed by atoms with van der Waals surface area (Å²) in [7, 11) is 0. The molecule has 1 aliphatic rings. The van der Waals surface area contributed by atoms with Crippen molar-refractivity contribution in [2.24, 2.45) is 5.73 Å². The van der Waals surface area contributed by atoms with Crippen molar-refractivity contribution in [3.05, 3.63) is 12.2 Å². The minimum atomic E-state index is -0.130. The molecule has 0 aliphatic heterocycles. The molecule has 3 nitrogen and oxygen atoms in total. The number of hydrogen-bond donors (Lipinski definition) is 3. The van der Waals surface area contributed by atoms with Crippen molar-refractivity contribution in [1.82, 2.24) is 5.32 Å². The Labute approximate surface area is 90.5 Å². The lowest BCUT2D eigenvalue weighted by atomic mass is 9.96. The molecule has 1 aliphatic carbocycles. The molecule has 0 aromatic rings. The lowest BCUT2D eigenvalue weighted by Gasteiger charge is -2.25. The Morgan fingerprint density at radius 2 is 2.07 bits per heavy atom. The molecule has 80 valence electrons. The predicted molar refractivity (Wildman–Crippen MR) is 61.4 cm³/mol. The molecule has 0 bridgehead atoms. The van der Waals surface area contributed by atoms with Gasteiger partial charge in [0, 0.05) is 12.1 Å². The monoisotopic (exact) mass is 214 g/mol. The van der Waals surface area contributed by atoms with E-state index in [9.17, 15) is 4.79 Å². The summed E-state index contributed by atoms with van der Waals surface area (Å²) in [6.07, 6.45) is 8.41. The van der Waals surface area contributed by atoms with Gasteiger partial charge >= 0.3 is 0 Å². The molecular weight excluding hydrogens is 196 g/mol. The highest BCUT2D eigenvalue weighted by Crippen LogP contribution is 2.11. The Hall–Kier alpha value is -0.320. The third kappa shape index (κ3) is 4.26. The van der Waals surface area contributed by atoms with Gasteiger partial charge < -0.3 is 11.1 Å². The normalized spacial score (nSPS) is 30.4. The van der Waals surface area contributed by atoms with Crippen LogP contribution in [0.25, 0.3) is 0 Å². The Morgan fingerprint density at radius 3 is 2.71 bits per heavy atom. The Morgan fingerprint density at radius 1 is 1.43 bits per heavy atom. The Balaban J connectivity index is 2.39. The highest BCUT2D eigenvalue weighted by molar-refractivity contribution is 7.96. The minimum Gasteiger partial charge on any atom is -0.326 e. The predicted octanol–water partition coefficient (Wildman–Crippen LogP) is 0.858. The van der Waals surface area contributed by atoms with Crippen LogP contribution in [0, 0.1) is 0 Å². The molecule has 0 amide bonds. The zero-order valence-electron chi connectivity index (χ0n) is 8.28. The number of thiol groups is 1. The Kier molecular flexibility index (Phi) is 5.22. The van der Waals surface area contributed by atoms with Crippen LogP contribution in [0.1, 0.15) is 25.7 Å². The maximum Gasteiger partial charge on any atom is 0.199 e. The molecule has 0 saturated heterocycles. The topological polar surface area (TPSA) is 55.1 Å². The highest BCUT2D eigenvalue weighted by Gasteiger charge is 2.17. The molecule has 0 aromatic carbocycles. The van der Waals surface area contributed by atoms with E-state index in [-0.39, 0.29) is 17.2 Å². The number of hydrogen-bond acceptors (Lipinski definition) is 3. The summed E-state index contributed by atoms with van der Waals surface area (Å²) in [4.78, 5) is 10.7. The quantitative estimate of drug-likeness (QED) is 0.482. The van der Waals surface area contributed by atoms with Crippen LogP contribution >= 0.6 is 12.6 Å². The van der Waals surface area contributed by atoms with Gasteiger partial charge in [0.25, 0.3) is 0 Å². The summed E-state index contributed by atoms with van der Waals surface area (Å²) in [6.45, 7) is 0.311. The number of nitrogens with one attached hydrogen (secondary N) is 1. The third-order valence-corrected chi connectivity index (χ3v) is 2.67. The molecule has 1 rings (SSSR count). The van der Waals surface area contributed by atoms with E-state index in [0.29, 0.717) is 6.54 Å². The van der Waals surface area contributed by atoms with E-state index in [4.69, 9.17) is 5.73 Å². The molecular formula is C10H18N2OS. The summed E-state index contributed by atoms with van der Waals surface area (Å²) in [5, 5.41) is 3.02. The zero-order valence-corrected chi connectivity index (χ0v) is 9.17. The summed E-state index contributed by atoms with van der Waals surface area (Å²) in [6, 6.07) is 0.392. The van der Waals surface area contributed by atoms with Crippen molar-refractivity contribution in [2.75, 3.05) is 6.54 Å². The molecule has 2 unspecified atom stereocenters. The largest absolute Gasteiger partial charge is 0.326 e. The smallest absolute Gasteiger partial charge is 0.199 e. The first-order valence-corrected chi connectivity index (χ1v) is 5.50. The first-order chi connectivity index (χ1) is 6.70. The van der Waals surface area contributed by atoms with Crippen LogP contribution in [-0.2, 0) is 4.79 Å². The van der Waals surface area contributed by atoms with Gasteiger partial charge in [0.2, 0.25) is 0 Å². The van der Waals surface area contributed by atoms with Crippen LogP contribution in [-0.4, -0.2) is 23.7 Å². The lowest BCUT2D eigenvalue weighted by molar-refractivity contribution is -0.110. The fourth-order valence-electron chi connectivity index (χ4n) is 1.69. The zero-order chi connectivity index (χ0) is 10.4. The van der Waals surface area contributed by atoms with Gasteiger partial charge in [-0.15, -0.1) is 12.6 Å². The number of allylic oxidation sites excluding steroid dienone is 2. The van der Waals surface area contributed by atoms with Gasteiger partial charge in [0.1, 0.15) is 0 Å². The van der Waals surface area contributed by atoms with Crippen molar-refractivity contribution >= 4 is 17.7 Å². The molecule has 4 heteroatoms. The lowest BCUT2D eigenvalue weighted by Crippen LogP contribution is -2.46. The van der Waals surface area contributed by atoms with Crippen molar-refractivity contribution in [3.63, 3.8) is 0 Å². The van der Waals surface area contributed by atoms with Crippen LogP contribution in [0.3, 0.4) is 0 Å². The minimum absolute atomic E-state index is 0.130. The average molecular weight is 214 g/mol. The van der Waals surface area contributed by atoms with E-state index < -0.39 is 0 Å². The van der Waals surface area contributed by atoms with Gasteiger partial charge in [-0.3, -0.25) is 4.79 Å². The molecule has 0 heterocycles. The van der Waals surface area contributed by atoms with Crippen molar-refractivity contribution < 1.29 is 4.79 Å². The second kappa shape index (κ2) is 6.22. The summed E-state index contributed by atoms with van der Waals surface area (Å²) in [5.74, 6) is 0. The highest BCUT2D eigenvalue weighted by atomic mass is 32.1. The molecule has 2 atom stereocenters. The van der Waals surface area contributed by atoms with Crippen LogP contribution in [0.5, 0.6) is 0 Å². The number of carbonyl (C=O) groups excluding carboxylic acids is 1. The molecule has 0 spiro atoms. The van der Waals surface area contributed by atoms with Gasteiger partial charge in [0.05, 0.1) is 6.54 Å². The first kappa shape index (κ1) is 11.8. The number of rotatable bonds is 3. The van der Waals surface area contributed by atoms with E-state index in [1.54, 1.807) is 0 Å². The summed E-state index contributed by atoms with van der Waals surface area (Å²) in [5.41, 5.74) is 6.00. The third-order valence-electron chi connectivity index (χ3n) is 2.51. The Bertz CT molecular complexity index is 218. The van der Waals surface area contributed by atoms with E-state index in [1.807, 2.05) is 0 Å². The molecule has 0 aromatic heterocycles. The number of nitrogens with two attached hydrogens (primary N) is 1. The fourth-order valence-corrected chi connectivity index (χ4v) is 1.78. The van der Waals surface area contributed by atoms with E-state index in [0.717, 1.165) is 25.7 Å². The second-order valence-electron chi connectivity index (χ2n) is 3.67. The first-order valence-electron chi connectivity index (χ1n) is 5.06. The van der Waals surface area contributed by atoms with Crippen molar-refractivity contribution in [1.29, 1.82) is 0 Å². The van der Waals surface area contributed by atoms with Crippen LogP contribution in [0.4, 0.5) is 0 Å². The fraction of sp³-hybridized carbons (Fsp3) is 0.700. The van der Waals surface area contributed by atoms with E-state index in [1.165, 1.54) is 0 Å².